The van der Waals surface area contributed by atoms with Crippen LogP contribution in [0.25, 0.3) is 0 Å². The molecule has 1 unspecified atom stereocenters. The molecule has 0 saturated heterocycles. The Morgan fingerprint density at radius 1 is 1.50 bits per heavy atom. The van der Waals surface area contributed by atoms with Crippen LogP contribution in [0.15, 0.2) is 0 Å². The summed E-state index contributed by atoms with van der Waals surface area (Å²) in [6.45, 7) is 8.79. The lowest BCUT2D eigenvalue weighted by atomic mass is 10.1. The third-order valence-electron chi connectivity index (χ3n) is 2.19. The van der Waals surface area contributed by atoms with Crippen LogP contribution in [0.2, 0.25) is 0 Å². The molecule has 0 aromatic heterocycles. The smallest absolute Gasteiger partial charge is 0.239 e. The van der Waals surface area contributed by atoms with Gasteiger partial charge in [-0.2, -0.15) is 0 Å². The summed E-state index contributed by atoms with van der Waals surface area (Å²) in [6.07, 6.45) is 0.0663. The molecule has 0 aliphatic carbocycles. The van der Waals surface area contributed by atoms with E-state index in [1.54, 1.807) is 7.05 Å². The minimum atomic E-state index is -0.522. The van der Waals surface area contributed by atoms with Gasteiger partial charge in [-0.1, -0.05) is 0 Å². The molecule has 0 aliphatic rings. The first-order valence-electron chi connectivity index (χ1n) is 5.02. The largest absolute Gasteiger partial charge is 0.377 e. The van der Waals surface area contributed by atoms with Crippen molar-refractivity contribution in [1.29, 1.82) is 0 Å². The van der Waals surface area contributed by atoms with Crippen molar-refractivity contribution in [2.24, 2.45) is 0 Å². The Labute approximate surface area is 86.4 Å². The second-order valence-electron chi connectivity index (χ2n) is 3.85. The van der Waals surface area contributed by atoms with Gasteiger partial charge in [-0.3, -0.25) is 4.79 Å². The van der Waals surface area contributed by atoms with E-state index in [4.69, 9.17) is 4.74 Å². The van der Waals surface area contributed by atoms with Crippen LogP contribution >= 0.6 is 0 Å². The fraction of sp³-hybridized carbons (Fsp3) is 0.900. The Bertz CT molecular complexity index is 181. The Balaban J connectivity index is 3.85. The SMILES string of the molecule is CCOC(C)CNC(=O)C(C)(C)NC. The maximum Gasteiger partial charge on any atom is 0.239 e. The number of hydrogen-bond acceptors (Lipinski definition) is 3. The first-order valence-corrected chi connectivity index (χ1v) is 5.02. The molecule has 1 atom stereocenters. The number of carbonyl (C=O) groups excluding carboxylic acids is 1. The summed E-state index contributed by atoms with van der Waals surface area (Å²) in [4.78, 5) is 11.6. The molecule has 0 aromatic carbocycles. The Morgan fingerprint density at radius 3 is 2.50 bits per heavy atom. The van der Waals surface area contributed by atoms with Gasteiger partial charge in [-0.05, 0) is 34.7 Å². The average molecular weight is 202 g/mol. The summed E-state index contributed by atoms with van der Waals surface area (Å²) in [5.41, 5.74) is -0.522. The van der Waals surface area contributed by atoms with E-state index in [1.807, 2.05) is 27.7 Å². The van der Waals surface area contributed by atoms with E-state index in [1.165, 1.54) is 0 Å². The second kappa shape index (κ2) is 5.98. The summed E-state index contributed by atoms with van der Waals surface area (Å²) < 4.78 is 5.30. The molecule has 0 bridgehead atoms. The van der Waals surface area contributed by atoms with Crippen molar-refractivity contribution >= 4 is 5.91 Å². The molecule has 0 spiro atoms. The molecule has 0 aromatic rings. The topological polar surface area (TPSA) is 50.4 Å². The zero-order valence-electron chi connectivity index (χ0n) is 9.81. The fourth-order valence-electron chi connectivity index (χ4n) is 0.914. The summed E-state index contributed by atoms with van der Waals surface area (Å²) in [5.74, 6) is -0.00782. The van der Waals surface area contributed by atoms with E-state index < -0.39 is 5.54 Å². The van der Waals surface area contributed by atoms with Crippen molar-refractivity contribution < 1.29 is 9.53 Å². The third-order valence-corrected chi connectivity index (χ3v) is 2.19. The van der Waals surface area contributed by atoms with Crippen LogP contribution in [0.1, 0.15) is 27.7 Å². The van der Waals surface area contributed by atoms with Gasteiger partial charge in [0, 0.05) is 13.2 Å². The molecule has 4 nitrogen and oxygen atoms in total. The number of amides is 1. The molecule has 0 saturated carbocycles. The lowest BCUT2D eigenvalue weighted by molar-refractivity contribution is -0.126. The molecule has 2 N–H and O–H groups in total. The molecular formula is C10H22N2O2. The molecule has 4 heteroatoms. The van der Waals surface area contributed by atoms with Gasteiger partial charge in [-0.25, -0.2) is 0 Å². The minimum Gasteiger partial charge on any atom is -0.377 e. The van der Waals surface area contributed by atoms with Crippen molar-refractivity contribution in [1.82, 2.24) is 10.6 Å². The van der Waals surface area contributed by atoms with Crippen molar-refractivity contribution in [3.05, 3.63) is 0 Å². The highest BCUT2D eigenvalue weighted by Gasteiger charge is 2.24. The summed E-state index contributed by atoms with van der Waals surface area (Å²) >= 11 is 0. The van der Waals surface area contributed by atoms with Crippen molar-refractivity contribution in [2.45, 2.75) is 39.3 Å². The van der Waals surface area contributed by atoms with Gasteiger partial charge < -0.3 is 15.4 Å². The zero-order valence-corrected chi connectivity index (χ0v) is 9.81. The van der Waals surface area contributed by atoms with Crippen molar-refractivity contribution in [2.75, 3.05) is 20.2 Å². The Morgan fingerprint density at radius 2 is 2.07 bits per heavy atom. The highest BCUT2D eigenvalue weighted by Crippen LogP contribution is 2.00. The molecule has 1 amide bonds. The summed E-state index contributed by atoms with van der Waals surface area (Å²) in [5, 5.41) is 5.78. The first-order chi connectivity index (χ1) is 6.44. The maximum atomic E-state index is 11.6. The average Bonchev–Trinajstić information content (AvgIpc) is 2.14. The minimum absolute atomic E-state index is 0.00782. The molecule has 0 rings (SSSR count). The third kappa shape index (κ3) is 4.58. The highest BCUT2D eigenvalue weighted by molar-refractivity contribution is 5.85. The van der Waals surface area contributed by atoms with E-state index >= 15 is 0 Å². The molecule has 0 radical (unpaired) electrons. The van der Waals surface area contributed by atoms with Gasteiger partial charge >= 0.3 is 0 Å². The van der Waals surface area contributed by atoms with Crippen LogP contribution < -0.4 is 10.6 Å². The maximum absolute atomic E-state index is 11.6. The molecule has 84 valence electrons. The van der Waals surface area contributed by atoms with Gasteiger partial charge in [0.05, 0.1) is 11.6 Å². The predicted octanol–water partition coefficient (Wildman–Crippen LogP) is 0.526. The van der Waals surface area contributed by atoms with Gasteiger partial charge in [0.2, 0.25) is 5.91 Å². The first kappa shape index (κ1) is 13.4. The number of rotatable bonds is 6. The molecule has 0 aliphatic heterocycles. The lowest BCUT2D eigenvalue weighted by Gasteiger charge is -2.23. The quantitative estimate of drug-likeness (QED) is 0.660. The van der Waals surface area contributed by atoms with E-state index in [9.17, 15) is 4.79 Å². The predicted molar refractivity (Wildman–Crippen MR) is 57.2 cm³/mol. The van der Waals surface area contributed by atoms with Crippen LogP contribution in [-0.2, 0) is 9.53 Å². The van der Waals surface area contributed by atoms with Gasteiger partial charge in [0.15, 0.2) is 0 Å². The molecule has 0 heterocycles. The number of hydrogen-bond donors (Lipinski definition) is 2. The van der Waals surface area contributed by atoms with E-state index in [0.29, 0.717) is 13.2 Å². The Hall–Kier alpha value is -0.610. The second-order valence-corrected chi connectivity index (χ2v) is 3.85. The van der Waals surface area contributed by atoms with Gasteiger partial charge in [0.25, 0.3) is 0 Å². The van der Waals surface area contributed by atoms with Crippen molar-refractivity contribution in [3.63, 3.8) is 0 Å². The fourth-order valence-corrected chi connectivity index (χ4v) is 0.914. The molecular weight excluding hydrogens is 180 g/mol. The van der Waals surface area contributed by atoms with E-state index in [0.717, 1.165) is 0 Å². The number of likely N-dealkylation sites (N-methyl/N-ethyl adjacent to an activating group) is 1. The standard InChI is InChI=1S/C10H22N2O2/c1-6-14-8(2)7-12-9(13)10(3,4)11-5/h8,11H,6-7H2,1-5H3,(H,12,13). The Kier molecular flexibility index (Phi) is 5.72. The normalized spacial score (nSPS) is 13.8. The van der Waals surface area contributed by atoms with Gasteiger partial charge in [-0.15, -0.1) is 0 Å². The van der Waals surface area contributed by atoms with Crippen LogP contribution in [0.3, 0.4) is 0 Å². The van der Waals surface area contributed by atoms with E-state index in [2.05, 4.69) is 10.6 Å². The summed E-state index contributed by atoms with van der Waals surface area (Å²) in [6, 6.07) is 0. The number of carbonyl (C=O) groups is 1. The van der Waals surface area contributed by atoms with Gasteiger partial charge in [0.1, 0.15) is 0 Å². The van der Waals surface area contributed by atoms with E-state index in [-0.39, 0.29) is 12.0 Å². The zero-order chi connectivity index (χ0) is 11.2. The molecule has 0 fully saturated rings. The van der Waals surface area contributed by atoms with Crippen LogP contribution in [0.4, 0.5) is 0 Å². The number of nitrogens with one attached hydrogen (secondary N) is 2. The highest BCUT2D eigenvalue weighted by atomic mass is 16.5. The lowest BCUT2D eigenvalue weighted by Crippen LogP contribution is -2.52. The van der Waals surface area contributed by atoms with Crippen LogP contribution in [0.5, 0.6) is 0 Å². The monoisotopic (exact) mass is 202 g/mol. The number of ether oxygens (including phenoxy) is 1. The van der Waals surface area contributed by atoms with Crippen LogP contribution in [-0.4, -0.2) is 37.7 Å². The van der Waals surface area contributed by atoms with Crippen molar-refractivity contribution in [3.8, 4) is 0 Å². The molecule has 14 heavy (non-hydrogen) atoms. The van der Waals surface area contributed by atoms with Crippen LogP contribution in [0, 0.1) is 0 Å². The summed E-state index contributed by atoms with van der Waals surface area (Å²) in [7, 11) is 1.77.